The van der Waals surface area contributed by atoms with Crippen molar-refractivity contribution < 1.29 is 9.13 Å². The highest BCUT2D eigenvalue weighted by Crippen LogP contribution is 2.36. The van der Waals surface area contributed by atoms with Crippen molar-refractivity contribution in [1.82, 2.24) is 19.3 Å². The largest absolute Gasteiger partial charge is 0.457 e. The van der Waals surface area contributed by atoms with Crippen LogP contribution in [0.3, 0.4) is 0 Å². The number of rotatable bonds is 6. The highest BCUT2D eigenvalue weighted by atomic mass is 19.1. The molecule has 0 fully saturated rings. The Kier molecular flexibility index (Phi) is 6.43. The summed E-state index contributed by atoms with van der Waals surface area (Å²) in [7, 11) is 4.11. The average Bonchev–Trinajstić information content (AvgIpc) is 3.60. The lowest BCUT2D eigenvalue weighted by atomic mass is 9.97. The van der Waals surface area contributed by atoms with E-state index in [2.05, 4.69) is 67.3 Å². The van der Waals surface area contributed by atoms with Gasteiger partial charge in [0.25, 0.3) is 0 Å². The minimum atomic E-state index is -0.335. The lowest BCUT2D eigenvalue weighted by Gasteiger charge is -2.17. The van der Waals surface area contributed by atoms with Crippen molar-refractivity contribution in [2.24, 2.45) is 0 Å². The summed E-state index contributed by atoms with van der Waals surface area (Å²) in [6.45, 7) is 4.28. The second-order valence-corrected chi connectivity index (χ2v) is 11.0. The summed E-state index contributed by atoms with van der Waals surface area (Å²) < 4.78 is 24.4. The van der Waals surface area contributed by atoms with Crippen LogP contribution in [-0.2, 0) is 0 Å². The second-order valence-electron chi connectivity index (χ2n) is 11.0. The third-order valence-electron chi connectivity index (χ3n) is 7.80. The molecule has 4 aromatic carbocycles. The highest BCUT2D eigenvalue weighted by Gasteiger charge is 2.15. The monoisotopic (exact) mass is 567 g/mol. The summed E-state index contributed by atoms with van der Waals surface area (Å²) >= 11 is 0. The van der Waals surface area contributed by atoms with E-state index in [0.717, 1.165) is 33.1 Å². The topological polar surface area (TPSA) is 48.1 Å². The molecule has 0 radical (unpaired) electrons. The van der Waals surface area contributed by atoms with E-state index in [1.807, 2.05) is 76.1 Å². The maximum absolute atomic E-state index is 14.2. The van der Waals surface area contributed by atoms with Crippen LogP contribution in [0.5, 0.6) is 11.5 Å². The molecule has 3 heterocycles. The molecule has 0 saturated heterocycles. The van der Waals surface area contributed by atoms with Crippen molar-refractivity contribution in [2.45, 2.75) is 13.8 Å². The lowest BCUT2D eigenvalue weighted by Crippen LogP contribution is -2.09. The van der Waals surface area contributed by atoms with Gasteiger partial charge in [0.2, 0.25) is 0 Å². The number of halogens is 1. The van der Waals surface area contributed by atoms with Gasteiger partial charge in [-0.15, -0.1) is 0 Å². The number of hydrogen-bond donors (Lipinski definition) is 0. The van der Waals surface area contributed by atoms with E-state index in [1.165, 1.54) is 40.7 Å². The molecule has 0 unspecified atom stereocenters. The van der Waals surface area contributed by atoms with Crippen molar-refractivity contribution in [3.8, 4) is 34.1 Å². The minimum Gasteiger partial charge on any atom is -0.457 e. The molecule has 0 N–H and O–H groups in total. The van der Waals surface area contributed by atoms with E-state index in [0.29, 0.717) is 17.3 Å². The smallest absolute Gasteiger partial charge is 0.140 e. The number of aryl methyl sites for hydroxylation is 2. The van der Waals surface area contributed by atoms with Gasteiger partial charge >= 0.3 is 0 Å². The highest BCUT2D eigenvalue weighted by molar-refractivity contribution is 6.09. The molecule has 0 amide bonds. The van der Waals surface area contributed by atoms with Crippen molar-refractivity contribution in [3.63, 3.8) is 0 Å². The van der Waals surface area contributed by atoms with Crippen LogP contribution >= 0.6 is 0 Å². The maximum atomic E-state index is 14.2. The average molecular weight is 568 g/mol. The predicted molar refractivity (Wildman–Crippen MR) is 171 cm³/mol. The first-order valence-electron chi connectivity index (χ1n) is 14.1. The van der Waals surface area contributed by atoms with Gasteiger partial charge in [0.15, 0.2) is 0 Å². The maximum Gasteiger partial charge on any atom is 0.140 e. The van der Waals surface area contributed by atoms with Crippen LogP contribution < -0.4 is 9.64 Å². The number of para-hydroxylation sites is 1. The fraction of sp³-hybridized carbons (Fsp3) is 0.111. The Hall–Kier alpha value is -5.43. The first kappa shape index (κ1) is 26.5. The van der Waals surface area contributed by atoms with Gasteiger partial charge in [-0.2, -0.15) is 5.10 Å². The number of benzene rings is 4. The number of anilines is 1. The van der Waals surface area contributed by atoms with Gasteiger partial charge in [-0.1, -0.05) is 24.3 Å². The van der Waals surface area contributed by atoms with Crippen LogP contribution in [0.4, 0.5) is 10.1 Å². The SMILES string of the molecule is Cc1cc(N(C)C)cc(C)c1-c1cnn(-c2cccc(Oc3ccc4c5ccccc5n(-c5cc(F)ccn5)c4c3)c2)c1. The van der Waals surface area contributed by atoms with Gasteiger partial charge in [0.05, 0.1) is 22.9 Å². The van der Waals surface area contributed by atoms with Gasteiger partial charge in [0, 0.05) is 66.7 Å². The van der Waals surface area contributed by atoms with E-state index in [-0.39, 0.29) is 5.82 Å². The Morgan fingerprint density at radius 2 is 1.53 bits per heavy atom. The third kappa shape index (κ3) is 4.78. The zero-order valence-electron chi connectivity index (χ0n) is 24.4. The number of nitrogens with zero attached hydrogens (tertiary/aromatic N) is 5. The summed E-state index contributed by atoms with van der Waals surface area (Å²) in [4.78, 5) is 6.58. The Morgan fingerprint density at radius 1 is 0.767 bits per heavy atom. The van der Waals surface area contributed by atoms with E-state index in [1.54, 1.807) is 0 Å². The van der Waals surface area contributed by atoms with Gasteiger partial charge in [0.1, 0.15) is 23.1 Å². The van der Waals surface area contributed by atoms with Gasteiger partial charge in [-0.3, -0.25) is 4.57 Å². The first-order chi connectivity index (χ1) is 20.9. The molecule has 0 saturated carbocycles. The molecule has 7 aromatic rings. The van der Waals surface area contributed by atoms with E-state index in [4.69, 9.17) is 4.74 Å². The zero-order valence-corrected chi connectivity index (χ0v) is 24.4. The summed E-state index contributed by atoms with van der Waals surface area (Å²) in [5, 5.41) is 6.78. The number of pyridine rings is 1. The predicted octanol–water partition coefficient (Wildman–Crippen LogP) is 8.65. The number of hydrogen-bond acceptors (Lipinski definition) is 4. The van der Waals surface area contributed by atoms with Crippen LogP contribution in [0.2, 0.25) is 0 Å². The van der Waals surface area contributed by atoms with Crippen LogP contribution in [0.25, 0.3) is 44.4 Å². The Bertz CT molecular complexity index is 2120. The van der Waals surface area contributed by atoms with E-state index >= 15 is 0 Å². The molecule has 0 aliphatic heterocycles. The summed E-state index contributed by atoms with van der Waals surface area (Å²) in [5.41, 5.74) is 8.59. The Labute approximate surface area is 249 Å². The van der Waals surface area contributed by atoms with E-state index < -0.39 is 0 Å². The first-order valence-corrected chi connectivity index (χ1v) is 14.1. The molecule has 3 aromatic heterocycles. The molecule has 0 atom stereocenters. The molecular formula is C36H30FN5O. The quantitative estimate of drug-likeness (QED) is 0.202. The number of aromatic nitrogens is 4. The Balaban J connectivity index is 1.23. The summed E-state index contributed by atoms with van der Waals surface area (Å²) in [6, 6.07) is 29.1. The fourth-order valence-corrected chi connectivity index (χ4v) is 5.85. The third-order valence-corrected chi connectivity index (χ3v) is 7.80. The summed E-state index contributed by atoms with van der Waals surface area (Å²) in [5.74, 6) is 1.53. The molecule has 0 bridgehead atoms. The van der Waals surface area contributed by atoms with E-state index in [9.17, 15) is 4.39 Å². The number of ether oxygens (including phenoxy) is 1. The molecule has 0 aliphatic rings. The van der Waals surface area contributed by atoms with Crippen LogP contribution in [0.1, 0.15) is 11.1 Å². The summed E-state index contributed by atoms with van der Waals surface area (Å²) in [6.07, 6.45) is 5.45. The van der Waals surface area contributed by atoms with Crippen molar-refractivity contribution >= 4 is 27.5 Å². The fourth-order valence-electron chi connectivity index (χ4n) is 5.85. The van der Waals surface area contributed by atoms with Crippen molar-refractivity contribution in [3.05, 3.63) is 127 Å². The van der Waals surface area contributed by atoms with Gasteiger partial charge in [-0.25, -0.2) is 14.1 Å². The van der Waals surface area contributed by atoms with Gasteiger partial charge in [-0.05, 0) is 79.1 Å². The van der Waals surface area contributed by atoms with Crippen LogP contribution in [0, 0.1) is 19.7 Å². The normalized spacial score (nSPS) is 11.4. The Morgan fingerprint density at radius 3 is 2.33 bits per heavy atom. The zero-order chi connectivity index (χ0) is 29.7. The minimum absolute atomic E-state index is 0.335. The molecule has 212 valence electrons. The standard InChI is InChI=1S/C36H30FN5O/c1-23-16-28(40(3)4)17-24(2)36(23)25-21-39-41(22-25)27-8-7-9-29(19-27)43-30-12-13-32-31-10-5-6-11-33(31)42(34(32)20-30)35-18-26(37)14-15-38-35/h5-22H,1-4H3. The van der Waals surface area contributed by atoms with Crippen molar-refractivity contribution in [1.29, 1.82) is 0 Å². The molecular weight excluding hydrogens is 537 g/mol. The molecule has 7 rings (SSSR count). The van der Waals surface area contributed by atoms with Gasteiger partial charge < -0.3 is 9.64 Å². The molecule has 0 spiro atoms. The van der Waals surface area contributed by atoms with Crippen LogP contribution in [-0.4, -0.2) is 33.4 Å². The lowest BCUT2D eigenvalue weighted by molar-refractivity contribution is 0.483. The molecule has 43 heavy (non-hydrogen) atoms. The molecule has 7 heteroatoms. The van der Waals surface area contributed by atoms with Crippen molar-refractivity contribution in [2.75, 3.05) is 19.0 Å². The molecule has 0 aliphatic carbocycles. The molecule has 6 nitrogen and oxygen atoms in total. The second kappa shape index (κ2) is 10.4. The number of fused-ring (bicyclic) bond motifs is 3. The van der Waals surface area contributed by atoms with Crippen LogP contribution in [0.15, 0.2) is 110 Å².